The van der Waals surface area contributed by atoms with E-state index < -0.39 is 10.0 Å². The molecule has 21 heavy (non-hydrogen) atoms. The van der Waals surface area contributed by atoms with Gasteiger partial charge in [0.2, 0.25) is 0 Å². The summed E-state index contributed by atoms with van der Waals surface area (Å²) in [5, 5.41) is 0.645. The van der Waals surface area contributed by atoms with Crippen LogP contribution >= 0.6 is 11.6 Å². The summed E-state index contributed by atoms with van der Waals surface area (Å²) in [5.41, 5.74) is 0. The standard InChI is InChI=1S/C13H16ClN3O3S/c1-10-15-9-13(16-10)21(18,19)17(2)6-7-20-12-5-3-4-11(14)8-12/h3-5,8-9H,6-7H2,1-2H3,(H,15,16). The third kappa shape index (κ3) is 3.96. The van der Waals surface area contributed by atoms with E-state index in [1.54, 1.807) is 31.2 Å². The van der Waals surface area contributed by atoms with E-state index in [1.807, 2.05) is 0 Å². The van der Waals surface area contributed by atoms with Crippen molar-refractivity contribution >= 4 is 21.6 Å². The van der Waals surface area contributed by atoms with Gasteiger partial charge in [-0.1, -0.05) is 17.7 Å². The average molecular weight is 330 g/mol. The average Bonchev–Trinajstić information content (AvgIpc) is 2.86. The lowest BCUT2D eigenvalue weighted by Crippen LogP contribution is -2.31. The zero-order valence-electron chi connectivity index (χ0n) is 11.7. The van der Waals surface area contributed by atoms with Crippen molar-refractivity contribution in [3.8, 4) is 5.75 Å². The van der Waals surface area contributed by atoms with Gasteiger partial charge in [0, 0.05) is 18.6 Å². The van der Waals surface area contributed by atoms with E-state index >= 15 is 0 Å². The maximum Gasteiger partial charge on any atom is 0.259 e. The summed E-state index contributed by atoms with van der Waals surface area (Å²) in [6, 6.07) is 6.95. The van der Waals surface area contributed by atoms with Crippen LogP contribution in [0, 0.1) is 6.92 Å². The number of aromatic amines is 1. The molecule has 0 saturated carbocycles. The molecule has 2 aromatic rings. The molecule has 0 aliphatic rings. The molecule has 6 nitrogen and oxygen atoms in total. The van der Waals surface area contributed by atoms with Crippen LogP contribution in [0.3, 0.4) is 0 Å². The number of sulfonamides is 1. The van der Waals surface area contributed by atoms with Crippen LogP contribution in [0.15, 0.2) is 35.5 Å². The number of ether oxygens (including phenoxy) is 1. The van der Waals surface area contributed by atoms with Crippen LogP contribution < -0.4 is 4.74 Å². The summed E-state index contributed by atoms with van der Waals surface area (Å²) in [5.74, 6) is 1.16. The largest absolute Gasteiger partial charge is 0.492 e. The molecular weight excluding hydrogens is 314 g/mol. The summed E-state index contributed by atoms with van der Waals surface area (Å²) < 4.78 is 31.1. The number of hydrogen-bond acceptors (Lipinski definition) is 4. The molecule has 0 unspecified atom stereocenters. The zero-order chi connectivity index (χ0) is 15.5. The third-order valence-electron chi connectivity index (χ3n) is 2.84. The van der Waals surface area contributed by atoms with Crippen molar-refractivity contribution in [2.75, 3.05) is 20.2 Å². The quantitative estimate of drug-likeness (QED) is 0.880. The molecule has 0 saturated heterocycles. The molecule has 0 bridgehead atoms. The van der Waals surface area contributed by atoms with Gasteiger partial charge in [0.1, 0.15) is 18.2 Å². The molecule has 1 aromatic carbocycles. The van der Waals surface area contributed by atoms with Gasteiger partial charge in [0.05, 0.1) is 6.20 Å². The number of aromatic nitrogens is 2. The van der Waals surface area contributed by atoms with Crippen molar-refractivity contribution in [3.05, 3.63) is 41.3 Å². The van der Waals surface area contributed by atoms with Gasteiger partial charge in [-0.3, -0.25) is 0 Å². The second-order valence-electron chi connectivity index (χ2n) is 4.47. The summed E-state index contributed by atoms with van der Waals surface area (Å²) in [4.78, 5) is 6.61. The molecule has 0 spiro atoms. The Balaban J connectivity index is 1.94. The van der Waals surface area contributed by atoms with Crippen molar-refractivity contribution < 1.29 is 13.2 Å². The number of imidazole rings is 1. The van der Waals surface area contributed by atoms with Gasteiger partial charge in [-0.2, -0.15) is 4.31 Å². The van der Waals surface area contributed by atoms with E-state index in [4.69, 9.17) is 16.3 Å². The van der Waals surface area contributed by atoms with Gasteiger partial charge in [-0.05, 0) is 25.1 Å². The fourth-order valence-electron chi connectivity index (χ4n) is 1.67. The highest BCUT2D eigenvalue weighted by molar-refractivity contribution is 7.89. The van der Waals surface area contributed by atoms with Crippen LogP contribution in [0.25, 0.3) is 0 Å². The Morgan fingerprint density at radius 1 is 1.43 bits per heavy atom. The Labute approximate surface area is 128 Å². The van der Waals surface area contributed by atoms with Crippen LogP contribution in [-0.4, -0.2) is 42.9 Å². The molecule has 8 heteroatoms. The van der Waals surface area contributed by atoms with Gasteiger partial charge < -0.3 is 9.72 Å². The van der Waals surface area contributed by atoms with Crippen molar-refractivity contribution in [3.63, 3.8) is 0 Å². The highest BCUT2D eigenvalue weighted by Gasteiger charge is 2.22. The Hall–Kier alpha value is -1.57. The minimum Gasteiger partial charge on any atom is -0.492 e. The molecular formula is C13H16ClN3O3S. The van der Waals surface area contributed by atoms with Crippen LogP contribution in [0.4, 0.5) is 0 Å². The van der Waals surface area contributed by atoms with E-state index in [0.717, 1.165) is 0 Å². The van der Waals surface area contributed by atoms with E-state index in [9.17, 15) is 8.42 Å². The molecule has 1 N–H and O–H groups in total. The molecule has 114 valence electrons. The lowest BCUT2D eigenvalue weighted by atomic mass is 10.3. The van der Waals surface area contributed by atoms with Crippen molar-refractivity contribution in [2.45, 2.75) is 11.9 Å². The topological polar surface area (TPSA) is 75.3 Å². The van der Waals surface area contributed by atoms with E-state index in [-0.39, 0.29) is 18.2 Å². The second kappa shape index (κ2) is 6.46. The highest BCUT2D eigenvalue weighted by atomic mass is 35.5. The molecule has 0 atom stereocenters. The van der Waals surface area contributed by atoms with Gasteiger partial charge >= 0.3 is 0 Å². The Morgan fingerprint density at radius 2 is 2.19 bits per heavy atom. The molecule has 0 radical (unpaired) electrons. The summed E-state index contributed by atoms with van der Waals surface area (Å²) in [7, 11) is -2.08. The number of H-pyrrole nitrogens is 1. The number of nitrogens with zero attached hydrogens (tertiary/aromatic N) is 2. The van der Waals surface area contributed by atoms with Crippen LogP contribution in [0.5, 0.6) is 5.75 Å². The number of halogens is 1. The number of hydrogen-bond donors (Lipinski definition) is 1. The lowest BCUT2D eigenvalue weighted by Gasteiger charge is -2.16. The van der Waals surface area contributed by atoms with E-state index in [1.165, 1.54) is 17.5 Å². The van der Waals surface area contributed by atoms with E-state index in [0.29, 0.717) is 16.6 Å². The fraction of sp³-hybridized carbons (Fsp3) is 0.308. The number of aryl methyl sites for hydroxylation is 1. The second-order valence-corrected chi connectivity index (χ2v) is 6.92. The molecule has 0 aliphatic carbocycles. The SMILES string of the molecule is Cc1ncc(S(=O)(=O)N(C)CCOc2cccc(Cl)c2)[nH]1. The minimum absolute atomic E-state index is 0.0743. The number of nitrogens with one attached hydrogen (secondary N) is 1. The predicted molar refractivity (Wildman–Crippen MR) is 80.1 cm³/mol. The van der Waals surface area contributed by atoms with Crippen molar-refractivity contribution in [2.24, 2.45) is 0 Å². The molecule has 2 rings (SSSR count). The summed E-state index contributed by atoms with van der Waals surface area (Å²) in [6.45, 7) is 2.14. The highest BCUT2D eigenvalue weighted by Crippen LogP contribution is 2.17. The number of rotatable bonds is 6. The van der Waals surface area contributed by atoms with Crippen molar-refractivity contribution in [1.82, 2.24) is 14.3 Å². The monoisotopic (exact) mass is 329 g/mol. The maximum atomic E-state index is 12.2. The van der Waals surface area contributed by atoms with E-state index in [2.05, 4.69) is 9.97 Å². The molecule has 0 aliphatic heterocycles. The van der Waals surface area contributed by atoms with Crippen LogP contribution in [-0.2, 0) is 10.0 Å². The minimum atomic E-state index is -3.57. The van der Waals surface area contributed by atoms with Crippen molar-refractivity contribution in [1.29, 1.82) is 0 Å². The number of benzene rings is 1. The van der Waals surface area contributed by atoms with Crippen LogP contribution in [0.1, 0.15) is 5.82 Å². The van der Waals surface area contributed by atoms with Crippen LogP contribution in [0.2, 0.25) is 5.02 Å². The van der Waals surface area contributed by atoms with Gasteiger partial charge in [0.15, 0.2) is 5.03 Å². The predicted octanol–water partition coefficient (Wildman–Crippen LogP) is 2.07. The first kappa shape index (κ1) is 15.8. The van der Waals surface area contributed by atoms with Gasteiger partial charge in [0.25, 0.3) is 10.0 Å². The maximum absolute atomic E-state index is 12.2. The summed E-state index contributed by atoms with van der Waals surface area (Å²) >= 11 is 5.84. The normalized spacial score (nSPS) is 11.8. The Bertz CT molecular complexity index is 715. The lowest BCUT2D eigenvalue weighted by molar-refractivity contribution is 0.286. The Kier molecular flexibility index (Phi) is 4.87. The molecule has 0 fully saturated rings. The number of likely N-dealkylation sites (N-methyl/N-ethyl adjacent to an activating group) is 1. The molecule has 0 amide bonds. The third-order valence-corrected chi connectivity index (χ3v) is 4.84. The molecule has 1 heterocycles. The first-order valence-electron chi connectivity index (χ1n) is 6.26. The first-order chi connectivity index (χ1) is 9.89. The first-order valence-corrected chi connectivity index (χ1v) is 8.08. The summed E-state index contributed by atoms with van der Waals surface area (Å²) in [6.07, 6.45) is 1.30. The Morgan fingerprint density at radius 3 is 2.81 bits per heavy atom. The smallest absolute Gasteiger partial charge is 0.259 e. The zero-order valence-corrected chi connectivity index (χ0v) is 13.3. The molecule has 1 aromatic heterocycles. The van der Waals surface area contributed by atoms with Gasteiger partial charge in [-0.25, -0.2) is 13.4 Å². The van der Waals surface area contributed by atoms with Gasteiger partial charge in [-0.15, -0.1) is 0 Å². The fourth-order valence-corrected chi connectivity index (χ4v) is 2.96.